The molecule has 2 aromatic rings. The van der Waals surface area contributed by atoms with E-state index in [2.05, 4.69) is 5.32 Å². The van der Waals surface area contributed by atoms with E-state index < -0.39 is 6.10 Å². The molecule has 0 spiro atoms. The Morgan fingerprint density at radius 3 is 2.80 bits per heavy atom. The lowest BCUT2D eigenvalue weighted by atomic mass is 10.0. The Hall–Kier alpha value is -2.38. The molecule has 1 aliphatic carbocycles. The van der Waals surface area contributed by atoms with Crippen LogP contribution in [0, 0.1) is 6.92 Å². The summed E-state index contributed by atoms with van der Waals surface area (Å²) in [5.74, 6) is 0.436. The number of fused-ring (bicyclic) bond motifs is 3. The quantitative estimate of drug-likeness (QED) is 0.516. The second-order valence-electron chi connectivity index (χ2n) is 8.28. The Balaban J connectivity index is 1.36. The molecule has 0 unspecified atom stereocenters. The van der Waals surface area contributed by atoms with Crippen molar-refractivity contribution in [2.45, 2.75) is 45.6 Å². The molecule has 1 aliphatic heterocycles. The van der Waals surface area contributed by atoms with E-state index in [1.807, 2.05) is 19.1 Å². The minimum absolute atomic E-state index is 0.137. The first-order valence-electron chi connectivity index (χ1n) is 11.0. The van der Waals surface area contributed by atoms with Gasteiger partial charge in [-0.2, -0.15) is 0 Å². The zero-order valence-electron chi connectivity index (χ0n) is 17.8. The molecule has 2 N–H and O–H groups in total. The van der Waals surface area contributed by atoms with Crippen LogP contribution < -0.4 is 20.6 Å². The van der Waals surface area contributed by atoms with Crippen molar-refractivity contribution >= 4 is 16.9 Å². The summed E-state index contributed by atoms with van der Waals surface area (Å²) in [5, 5.41) is 3.94. The zero-order valence-corrected chi connectivity index (χ0v) is 17.8. The summed E-state index contributed by atoms with van der Waals surface area (Å²) in [6, 6.07) is 3.82. The molecule has 7 heteroatoms. The summed E-state index contributed by atoms with van der Waals surface area (Å²) in [5.41, 5.74) is 2.99. The van der Waals surface area contributed by atoms with Crippen molar-refractivity contribution in [3.05, 3.63) is 39.2 Å². The van der Waals surface area contributed by atoms with Gasteiger partial charge in [-0.15, -0.1) is 0 Å². The summed E-state index contributed by atoms with van der Waals surface area (Å²) in [6.07, 6.45) is 2.98. The van der Waals surface area contributed by atoms with Gasteiger partial charge in [0, 0.05) is 29.5 Å². The van der Waals surface area contributed by atoms with Crippen LogP contribution in [0.5, 0.6) is 5.75 Å². The molecular formula is C23H31N2O5+. The largest absolute Gasteiger partial charge is 0.480 e. The van der Waals surface area contributed by atoms with Crippen molar-refractivity contribution in [2.24, 2.45) is 0 Å². The molecule has 4 rings (SSSR count). The number of rotatable bonds is 7. The molecular weight excluding hydrogens is 384 g/mol. The van der Waals surface area contributed by atoms with E-state index in [-0.39, 0.29) is 11.5 Å². The number of aryl methyl sites for hydroxylation is 2. The van der Waals surface area contributed by atoms with Gasteiger partial charge in [-0.25, -0.2) is 4.79 Å². The summed E-state index contributed by atoms with van der Waals surface area (Å²) in [6.45, 7) is 8.99. The Labute approximate surface area is 176 Å². The molecule has 1 aromatic carbocycles. The third-order valence-electron chi connectivity index (χ3n) is 6.22. The van der Waals surface area contributed by atoms with E-state index in [9.17, 15) is 9.59 Å². The molecule has 30 heavy (non-hydrogen) atoms. The molecule has 0 radical (unpaired) electrons. The molecule has 2 heterocycles. The summed E-state index contributed by atoms with van der Waals surface area (Å²) in [4.78, 5) is 26.3. The number of morpholine rings is 1. The number of ether oxygens (including phenoxy) is 2. The molecule has 1 atom stereocenters. The highest BCUT2D eigenvalue weighted by molar-refractivity contribution is 5.86. The predicted molar refractivity (Wildman–Crippen MR) is 113 cm³/mol. The van der Waals surface area contributed by atoms with Crippen molar-refractivity contribution < 1.29 is 23.6 Å². The molecule has 1 amide bonds. The first-order chi connectivity index (χ1) is 14.5. The van der Waals surface area contributed by atoms with E-state index in [1.165, 1.54) is 4.90 Å². The van der Waals surface area contributed by atoms with Crippen LogP contribution in [0.1, 0.15) is 36.5 Å². The highest BCUT2D eigenvalue weighted by atomic mass is 16.5. The van der Waals surface area contributed by atoms with Gasteiger partial charge in [-0.3, -0.25) is 4.79 Å². The van der Waals surface area contributed by atoms with E-state index in [0.29, 0.717) is 17.9 Å². The fourth-order valence-corrected chi connectivity index (χ4v) is 4.44. The smallest absolute Gasteiger partial charge is 0.339 e. The standard InChI is InChI=1S/C23H30N2O5/c1-15-20(8-7-18-17-5-3-6-19(17)23(27)30-21(15)18)29-16(2)22(26)24-9-4-10-25-11-13-28-14-12-25/h7-8,16H,3-6,9-14H2,1-2H3,(H,24,26)/p+1/t16-/m1/s1. The summed E-state index contributed by atoms with van der Waals surface area (Å²) < 4.78 is 16.9. The maximum Gasteiger partial charge on any atom is 0.339 e. The number of quaternary nitrogens is 1. The van der Waals surface area contributed by atoms with Gasteiger partial charge in [-0.1, -0.05) is 0 Å². The Bertz CT molecular complexity index is 978. The molecule has 1 aromatic heterocycles. The van der Waals surface area contributed by atoms with Crippen LogP contribution in [0.15, 0.2) is 21.3 Å². The minimum atomic E-state index is -0.627. The highest BCUT2D eigenvalue weighted by Crippen LogP contribution is 2.33. The van der Waals surface area contributed by atoms with Crippen molar-refractivity contribution in [2.75, 3.05) is 39.4 Å². The van der Waals surface area contributed by atoms with E-state index in [0.717, 1.165) is 80.6 Å². The Morgan fingerprint density at radius 1 is 1.23 bits per heavy atom. The number of hydrogen-bond acceptors (Lipinski definition) is 5. The molecule has 162 valence electrons. The molecule has 1 saturated heterocycles. The lowest BCUT2D eigenvalue weighted by molar-refractivity contribution is -0.908. The maximum absolute atomic E-state index is 12.4. The Morgan fingerprint density at radius 2 is 2.00 bits per heavy atom. The lowest BCUT2D eigenvalue weighted by Crippen LogP contribution is -3.14. The van der Waals surface area contributed by atoms with Crippen LogP contribution in [-0.2, 0) is 22.4 Å². The SMILES string of the molecule is Cc1c(O[C@H](C)C(=O)NCCC[NH+]2CCOCC2)ccc2c3c(c(=O)oc12)CCC3. The van der Waals surface area contributed by atoms with Crippen molar-refractivity contribution in [3.8, 4) is 5.75 Å². The van der Waals surface area contributed by atoms with Crippen LogP contribution in [0.2, 0.25) is 0 Å². The van der Waals surface area contributed by atoms with E-state index in [4.69, 9.17) is 13.9 Å². The van der Waals surface area contributed by atoms with Gasteiger partial charge in [0.1, 0.15) is 24.4 Å². The van der Waals surface area contributed by atoms with Gasteiger partial charge in [0.25, 0.3) is 5.91 Å². The first-order valence-corrected chi connectivity index (χ1v) is 11.0. The number of carbonyl (C=O) groups excluding carboxylic acids is 1. The maximum atomic E-state index is 12.4. The average Bonchev–Trinajstić information content (AvgIpc) is 3.25. The number of amides is 1. The number of hydrogen-bond donors (Lipinski definition) is 2. The fraction of sp³-hybridized carbons (Fsp3) is 0.565. The van der Waals surface area contributed by atoms with E-state index >= 15 is 0 Å². The second kappa shape index (κ2) is 9.18. The van der Waals surface area contributed by atoms with Crippen molar-refractivity contribution in [1.29, 1.82) is 0 Å². The minimum Gasteiger partial charge on any atom is -0.480 e. The van der Waals surface area contributed by atoms with Crippen LogP contribution in [0.25, 0.3) is 11.0 Å². The molecule has 0 bridgehead atoms. The average molecular weight is 416 g/mol. The molecule has 1 fully saturated rings. The lowest BCUT2D eigenvalue weighted by Gasteiger charge is -2.23. The molecule has 7 nitrogen and oxygen atoms in total. The third kappa shape index (κ3) is 4.37. The second-order valence-corrected chi connectivity index (χ2v) is 8.28. The predicted octanol–water partition coefficient (Wildman–Crippen LogP) is 0.779. The fourth-order valence-electron chi connectivity index (χ4n) is 4.44. The van der Waals surface area contributed by atoms with Gasteiger partial charge in [-0.05, 0) is 50.8 Å². The first kappa shape index (κ1) is 20.9. The van der Waals surface area contributed by atoms with Gasteiger partial charge in [0.2, 0.25) is 0 Å². The van der Waals surface area contributed by atoms with Crippen LogP contribution >= 0.6 is 0 Å². The summed E-state index contributed by atoms with van der Waals surface area (Å²) >= 11 is 0. The zero-order chi connectivity index (χ0) is 21.1. The van der Waals surface area contributed by atoms with E-state index in [1.54, 1.807) is 6.92 Å². The van der Waals surface area contributed by atoms with Crippen LogP contribution in [0.4, 0.5) is 0 Å². The highest BCUT2D eigenvalue weighted by Gasteiger charge is 2.23. The normalized spacial score (nSPS) is 17.7. The van der Waals surface area contributed by atoms with Crippen LogP contribution in [-0.4, -0.2) is 51.4 Å². The van der Waals surface area contributed by atoms with Crippen LogP contribution in [0.3, 0.4) is 0 Å². The van der Waals surface area contributed by atoms with Gasteiger partial charge >= 0.3 is 5.63 Å². The number of benzene rings is 1. The van der Waals surface area contributed by atoms with Gasteiger partial charge < -0.3 is 24.1 Å². The van der Waals surface area contributed by atoms with Crippen molar-refractivity contribution in [1.82, 2.24) is 5.32 Å². The summed E-state index contributed by atoms with van der Waals surface area (Å²) in [7, 11) is 0. The third-order valence-corrected chi connectivity index (χ3v) is 6.22. The number of nitrogens with one attached hydrogen (secondary N) is 2. The molecule has 0 saturated carbocycles. The topological polar surface area (TPSA) is 82.2 Å². The monoisotopic (exact) mass is 415 g/mol. The van der Waals surface area contributed by atoms with Crippen molar-refractivity contribution in [3.63, 3.8) is 0 Å². The Kier molecular flexibility index (Phi) is 6.39. The van der Waals surface area contributed by atoms with Gasteiger partial charge in [0.05, 0.1) is 19.8 Å². The molecule has 2 aliphatic rings. The van der Waals surface area contributed by atoms with Gasteiger partial charge in [0.15, 0.2) is 6.10 Å². The number of carbonyl (C=O) groups is 1.